The maximum absolute atomic E-state index is 12.9. The molecule has 8 nitrogen and oxygen atoms in total. The van der Waals surface area contributed by atoms with Crippen molar-refractivity contribution in [3.63, 3.8) is 0 Å². The first-order valence-corrected chi connectivity index (χ1v) is 10.8. The smallest absolute Gasteiger partial charge is 0.289 e. The van der Waals surface area contributed by atoms with E-state index in [1.54, 1.807) is 10.8 Å². The first-order chi connectivity index (χ1) is 14.1. The monoisotopic (exact) mass is 399 g/mol. The molecule has 3 fully saturated rings. The number of aromatic nitrogens is 4. The Morgan fingerprint density at radius 2 is 1.97 bits per heavy atom. The van der Waals surface area contributed by atoms with E-state index in [0.29, 0.717) is 24.8 Å². The minimum absolute atomic E-state index is 0.00790. The second-order valence-corrected chi connectivity index (χ2v) is 8.92. The highest BCUT2D eigenvalue weighted by Crippen LogP contribution is 2.47. The molecule has 1 saturated carbocycles. The summed E-state index contributed by atoms with van der Waals surface area (Å²) >= 11 is 0. The van der Waals surface area contributed by atoms with Gasteiger partial charge < -0.3 is 18.7 Å². The molecule has 2 aliphatic heterocycles. The number of likely N-dealkylation sites (tertiary alicyclic amines) is 1. The van der Waals surface area contributed by atoms with Gasteiger partial charge in [0.05, 0.1) is 0 Å². The van der Waals surface area contributed by atoms with Crippen LogP contribution in [0.5, 0.6) is 0 Å². The summed E-state index contributed by atoms with van der Waals surface area (Å²) in [6.45, 7) is 2.94. The summed E-state index contributed by atoms with van der Waals surface area (Å²) in [5, 5.41) is 4.46. The zero-order valence-electron chi connectivity index (χ0n) is 17.0. The lowest BCUT2D eigenvalue weighted by Gasteiger charge is -2.40. The minimum Gasteiger partial charge on any atom is -0.381 e. The Bertz CT molecular complexity index is 857. The van der Waals surface area contributed by atoms with Crippen molar-refractivity contribution in [2.75, 3.05) is 26.3 Å². The molecule has 0 bridgehead atoms. The Morgan fingerprint density at radius 1 is 1.21 bits per heavy atom. The number of aryl methyl sites for hydroxylation is 1. The van der Waals surface area contributed by atoms with Crippen molar-refractivity contribution in [1.29, 1.82) is 0 Å². The predicted octanol–water partition coefficient (Wildman–Crippen LogP) is 2.67. The van der Waals surface area contributed by atoms with Gasteiger partial charge in [-0.1, -0.05) is 18.0 Å². The number of amides is 1. The Hall–Kier alpha value is -2.22. The van der Waals surface area contributed by atoms with E-state index in [-0.39, 0.29) is 11.3 Å². The number of ether oxygens (including phenoxy) is 1. The molecule has 0 unspecified atom stereocenters. The zero-order valence-corrected chi connectivity index (χ0v) is 17.0. The number of piperidine rings is 1. The van der Waals surface area contributed by atoms with Crippen molar-refractivity contribution in [1.82, 2.24) is 24.6 Å². The first-order valence-electron chi connectivity index (χ1n) is 10.8. The lowest BCUT2D eigenvalue weighted by molar-refractivity contribution is 0.0629. The van der Waals surface area contributed by atoms with Gasteiger partial charge in [0.2, 0.25) is 5.89 Å². The highest BCUT2D eigenvalue weighted by molar-refractivity contribution is 5.90. The fourth-order valence-corrected chi connectivity index (χ4v) is 4.81. The van der Waals surface area contributed by atoms with Gasteiger partial charge in [-0.2, -0.15) is 4.98 Å². The van der Waals surface area contributed by atoms with Gasteiger partial charge >= 0.3 is 0 Å². The van der Waals surface area contributed by atoms with Crippen LogP contribution in [0.4, 0.5) is 0 Å². The van der Waals surface area contributed by atoms with Crippen molar-refractivity contribution in [2.45, 2.75) is 56.3 Å². The Morgan fingerprint density at radius 3 is 2.62 bits per heavy atom. The molecule has 5 rings (SSSR count). The van der Waals surface area contributed by atoms with Crippen LogP contribution in [0.25, 0.3) is 0 Å². The van der Waals surface area contributed by atoms with E-state index < -0.39 is 0 Å². The van der Waals surface area contributed by atoms with Gasteiger partial charge in [-0.15, -0.1) is 0 Å². The molecule has 29 heavy (non-hydrogen) atoms. The summed E-state index contributed by atoms with van der Waals surface area (Å²) in [4.78, 5) is 23.9. The molecule has 0 N–H and O–H groups in total. The molecule has 2 saturated heterocycles. The molecular weight excluding hydrogens is 370 g/mol. The molecular formula is C21H29N5O3. The number of imidazole rings is 1. The average molecular weight is 399 g/mol. The van der Waals surface area contributed by atoms with Crippen LogP contribution < -0.4 is 0 Å². The van der Waals surface area contributed by atoms with E-state index >= 15 is 0 Å². The fraction of sp³-hybridized carbons (Fsp3) is 0.714. The Balaban J connectivity index is 1.33. The third-order valence-electron chi connectivity index (χ3n) is 6.88. The fourth-order valence-electron chi connectivity index (χ4n) is 4.81. The number of nitrogens with zero attached hydrogens (tertiary/aromatic N) is 5. The van der Waals surface area contributed by atoms with Gasteiger partial charge in [0, 0.05) is 57.1 Å². The number of carbonyl (C=O) groups is 1. The third-order valence-corrected chi connectivity index (χ3v) is 6.88. The third kappa shape index (κ3) is 3.70. The summed E-state index contributed by atoms with van der Waals surface area (Å²) in [6, 6.07) is 0. The molecule has 0 atom stereocenters. The summed E-state index contributed by atoms with van der Waals surface area (Å²) < 4.78 is 13.0. The van der Waals surface area contributed by atoms with E-state index in [1.807, 2.05) is 18.1 Å². The number of hydrogen-bond acceptors (Lipinski definition) is 6. The van der Waals surface area contributed by atoms with Crippen molar-refractivity contribution >= 4 is 5.91 Å². The average Bonchev–Trinajstić information content (AvgIpc) is 3.24. The van der Waals surface area contributed by atoms with Gasteiger partial charge in [-0.3, -0.25) is 4.79 Å². The van der Waals surface area contributed by atoms with E-state index in [9.17, 15) is 4.79 Å². The van der Waals surface area contributed by atoms with Crippen LogP contribution in [-0.4, -0.2) is 56.8 Å². The van der Waals surface area contributed by atoms with Gasteiger partial charge in [0.15, 0.2) is 11.6 Å². The first kappa shape index (κ1) is 18.8. The van der Waals surface area contributed by atoms with Crippen molar-refractivity contribution < 1.29 is 14.1 Å². The molecule has 0 spiro atoms. The molecule has 1 amide bonds. The van der Waals surface area contributed by atoms with Crippen molar-refractivity contribution in [2.24, 2.45) is 13.0 Å². The highest BCUT2D eigenvalue weighted by atomic mass is 16.5. The van der Waals surface area contributed by atoms with Crippen LogP contribution in [0.1, 0.15) is 73.2 Å². The lowest BCUT2D eigenvalue weighted by atomic mass is 9.73. The van der Waals surface area contributed by atoms with Gasteiger partial charge in [0.1, 0.15) is 0 Å². The van der Waals surface area contributed by atoms with Crippen molar-refractivity contribution in [3.05, 3.63) is 29.9 Å². The molecule has 3 aliphatic rings. The summed E-state index contributed by atoms with van der Waals surface area (Å²) in [5.74, 6) is 3.21. The van der Waals surface area contributed by atoms with Crippen molar-refractivity contribution in [3.8, 4) is 0 Å². The summed E-state index contributed by atoms with van der Waals surface area (Å²) in [5.41, 5.74) is -0.0769. The maximum atomic E-state index is 12.9. The molecule has 0 radical (unpaired) electrons. The molecule has 156 valence electrons. The van der Waals surface area contributed by atoms with Crippen LogP contribution >= 0.6 is 0 Å². The predicted molar refractivity (Wildman–Crippen MR) is 104 cm³/mol. The molecule has 1 aliphatic carbocycles. The maximum Gasteiger partial charge on any atom is 0.289 e. The zero-order chi connectivity index (χ0) is 19.8. The lowest BCUT2D eigenvalue weighted by Crippen LogP contribution is -2.46. The summed E-state index contributed by atoms with van der Waals surface area (Å²) in [6.07, 6.45) is 10.8. The topological polar surface area (TPSA) is 86.3 Å². The number of hydrogen-bond donors (Lipinski definition) is 0. The number of carbonyl (C=O) groups excluding carboxylic acids is 1. The summed E-state index contributed by atoms with van der Waals surface area (Å²) in [7, 11) is 1.86. The highest BCUT2D eigenvalue weighted by Gasteiger charge is 2.45. The molecule has 2 aromatic rings. The van der Waals surface area contributed by atoms with Crippen LogP contribution in [0.3, 0.4) is 0 Å². The van der Waals surface area contributed by atoms with Gasteiger partial charge in [-0.25, -0.2) is 4.98 Å². The standard InChI is InChI=1S/C21H29N5O3/c1-25-11-8-22-17(25)19(27)26-9-6-21(7-10-26,14-15-2-3-15)20-23-18(29-24-20)16-4-12-28-13-5-16/h8,11,15-16H,2-7,9-10,12-14H2,1H3. The molecule has 2 aromatic heterocycles. The van der Waals surface area contributed by atoms with E-state index in [2.05, 4.69) is 10.1 Å². The van der Waals surface area contributed by atoms with Gasteiger partial charge in [-0.05, 0) is 38.0 Å². The minimum atomic E-state index is -0.0769. The van der Waals surface area contributed by atoms with Crippen LogP contribution in [-0.2, 0) is 17.2 Å². The van der Waals surface area contributed by atoms with Crippen LogP contribution in [0.2, 0.25) is 0 Å². The second-order valence-electron chi connectivity index (χ2n) is 8.92. The Kier molecular flexibility index (Phi) is 4.89. The molecule has 8 heteroatoms. The molecule has 0 aromatic carbocycles. The molecule has 4 heterocycles. The van der Waals surface area contributed by atoms with Gasteiger partial charge in [0.25, 0.3) is 5.91 Å². The second kappa shape index (κ2) is 7.55. The largest absolute Gasteiger partial charge is 0.381 e. The van der Waals surface area contributed by atoms with E-state index in [4.69, 9.17) is 14.2 Å². The normalized spacial score (nSPS) is 22.7. The SMILES string of the molecule is Cn1ccnc1C(=O)N1CCC(CC2CC2)(c2noc(C3CCOCC3)n2)CC1. The Labute approximate surface area is 170 Å². The van der Waals surface area contributed by atoms with E-state index in [1.165, 1.54) is 12.8 Å². The van der Waals surface area contributed by atoms with Crippen LogP contribution in [0, 0.1) is 5.92 Å². The number of rotatable bonds is 5. The van der Waals surface area contributed by atoms with E-state index in [0.717, 1.165) is 63.0 Å². The quantitative estimate of drug-likeness (QED) is 0.768. The van der Waals surface area contributed by atoms with Crippen LogP contribution in [0.15, 0.2) is 16.9 Å².